The van der Waals surface area contributed by atoms with Crippen LogP contribution in [0.4, 0.5) is 0 Å². The highest BCUT2D eigenvalue weighted by Crippen LogP contribution is 2.28. The monoisotopic (exact) mass is 347 g/mol. The third kappa shape index (κ3) is 4.13. The van der Waals surface area contributed by atoms with E-state index in [4.69, 9.17) is 0 Å². The van der Waals surface area contributed by atoms with Crippen LogP contribution in [0.3, 0.4) is 0 Å². The fourth-order valence-electron chi connectivity index (χ4n) is 3.95. The van der Waals surface area contributed by atoms with Crippen LogP contribution in [0.2, 0.25) is 0 Å². The number of carbonyl (C=O) groups excluding carboxylic acids is 1. The Morgan fingerprint density at radius 1 is 1.19 bits per heavy atom. The molecular weight excluding hydrogens is 318 g/mol. The summed E-state index contributed by atoms with van der Waals surface area (Å²) >= 11 is 0. The van der Waals surface area contributed by atoms with Gasteiger partial charge in [0.1, 0.15) is 0 Å². The molecule has 1 fully saturated rings. The molecule has 0 saturated carbocycles. The number of rotatable bonds is 5. The summed E-state index contributed by atoms with van der Waals surface area (Å²) in [5, 5.41) is 0. The molecule has 3 rings (SSSR count). The first-order chi connectivity index (χ1) is 12.5. The third-order valence-electron chi connectivity index (χ3n) is 5.48. The summed E-state index contributed by atoms with van der Waals surface area (Å²) in [5.74, 6) is 0.953. The van der Waals surface area contributed by atoms with Crippen LogP contribution >= 0.6 is 0 Å². The van der Waals surface area contributed by atoms with Gasteiger partial charge in [-0.15, -0.1) is 0 Å². The Labute approximate surface area is 157 Å². The van der Waals surface area contributed by atoms with E-state index in [-0.39, 0.29) is 5.78 Å². The quantitative estimate of drug-likeness (QED) is 0.643. The topological polar surface area (TPSA) is 20.3 Å². The van der Waals surface area contributed by atoms with Gasteiger partial charge in [-0.05, 0) is 85.6 Å². The van der Waals surface area contributed by atoms with Gasteiger partial charge in [0.15, 0.2) is 5.78 Å². The molecular formula is C24H29NO. The van der Waals surface area contributed by atoms with Gasteiger partial charge in [-0.2, -0.15) is 0 Å². The summed E-state index contributed by atoms with van der Waals surface area (Å²) in [5.41, 5.74) is 6.42. The van der Waals surface area contributed by atoms with Crippen LogP contribution in [0, 0.1) is 12.8 Å². The summed E-state index contributed by atoms with van der Waals surface area (Å²) in [6.45, 7) is 13.3. The van der Waals surface area contributed by atoms with Gasteiger partial charge in [0.2, 0.25) is 0 Å². The van der Waals surface area contributed by atoms with E-state index in [1.807, 2.05) is 6.92 Å². The second-order valence-electron chi connectivity index (χ2n) is 7.68. The van der Waals surface area contributed by atoms with E-state index in [2.05, 4.69) is 54.8 Å². The lowest BCUT2D eigenvalue weighted by Crippen LogP contribution is -2.32. The van der Waals surface area contributed by atoms with E-state index in [9.17, 15) is 4.79 Å². The van der Waals surface area contributed by atoms with Crippen LogP contribution in [-0.4, -0.2) is 23.8 Å². The second kappa shape index (κ2) is 8.01. The van der Waals surface area contributed by atoms with Gasteiger partial charge in [-0.1, -0.05) is 43.8 Å². The molecule has 1 saturated heterocycles. The zero-order chi connectivity index (χ0) is 18.7. The average Bonchev–Trinajstić information content (AvgIpc) is 2.62. The van der Waals surface area contributed by atoms with E-state index < -0.39 is 0 Å². The predicted molar refractivity (Wildman–Crippen MR) is 110 cm³/mol. The molecule has 2 heteroatoms. The van der Waals surface area contributed by atoms with Gasteiger partial charge < -0.3 is 0 Å². The van der Waals surface area contributed by atoms with Gasteiger partial charge in [-0.25, -0.2) is 0 Å². The maximum atomic E-state index is 11.9. The zero-order valence-corrected chi connectivity index (χ0v) is 16.2. The van der Waals surface area contributed by atoms with Crippen molar-refractivity contribution in [2.45, 2.75) is 40.2 Å². The highest BCUT2D eigenvalue weighted by Gasteiger charge is 2.16. The van der Waals surface area contributed by atoms with E-state index >= 15 is 0 Å². The molecule has 1 heterocycles. The minimum atomic E-state index is 0.0945. The van der Waals surface area contributed by atoms with Gasteiger partial charge in [0.05, 0.1) is 0 Å². The molecule has 26 heavy (non-hydrogen) atoms. The van der Waals surface area contributed by atoms with Crippen molar-refractivity contribution in [1.29, 1.82) is 0 Å². The van der Waals surface area contributed by atoms with Crippen molar-refractivity contribution >= 4 is 11.9 Å². The number of Topliss-reactive ketones (excluding diaryl/α,β-unsaturated/α-hetero) is 1. The summed E-state index contributed by atoms with van der Waals surface area (Å²) in [6.07, 6.45) is 4.38. The Bertz CT molecular complexity index is 813. The molecule has 0 unspecified atom stereocenters. The van der Waals surface area contributed by atoms with Crippen molar-refractivity contribution in [1.82, 2.24) is 4.90 Å². The van der Waals surface area contributed by atoms with Crippen LogP contribution < -0.4 is 0 Å². The molecule has 0 bridgehead atoms. The molecule has 0 amide bonds. The Morgan fingerprint density at radius 2 is 1.92 bits per heavy atom. The number of aryl methyl sites for hydroxylation is 1. The normalized spacial score (nSPS) is 15.8. The van der Waals surface area contributed by atoms with Crippen molar-refractivity contribution in [3.8, 4) is 11.1 Å². The molecule has 2 aromatic carbocycles. The number of piperidine rings is 1. The molecule has 0 aromatic heterocycles. The maximum absolute atomic E-state index is 11.9. The number of hydrogen-bond donors (Lipinski definition) is 0. The lowest BCUT2D eigenvalue weighted by Gasteiger charge is -2.30. The molecule has 1 aliphatic rings. The lowest BCUT2D eigenvalue weighted by molar-refractivity contribution is 0.101. The van der Waals surface area contributed by atoms with Gasteiger partial charge in [0.25, 0.3) is 0 Å². The van der Waals surface area contributed by atoms with E-state index in [0.717, 1.165) is 34.7 Å². The zero-order valence-electron chi connectivity index (χ0n) is 16.2. The summed E-state index contributed by atoms with van der Waals surface area (Å²) < 4.78 is 0. The number of hydrogen-bond acceptors (Lipinski definition) is 2. The summed E-state index contributed by atoms with van der Waals surface area (Å²) in [6, 6.07) is 13.0. The van der Waals surface area contributed by atoms with Crippen LogP contribution in [0.5, 0.6) is 0 Å². The molecule has 2 aromatic rings. The Morgan fingerprint density at radius 3 is 2.58 bits per heavy atom. The van der Waals surface area contributed by atoms with Crippen molar-refractivity contribution < 1.29 is 4.79 Å². The highest BCUT2D eigenvalue weighted by atomic mass is 16.1. The number of likely N-dealkylation sites (tertiary alicyclic amines) is 1. The van der Waals surface area contributed by atoms with Crippen molar-refractivity contribution in [2.75, 3.05) is 13.1 Å². The Hall–Kier alpha value is -2.19. The molecule has 0 spiro atoms. The molecule has 0 radical (unpaired) electrons. The minimum absolute atomic E-state index is 0.0945. The first-order valence-corrected chi connectivity index (χ1v) is 9.57. The number of nitrogens with zero attached hydrogens (tertiary/aromatic N) is 1. The van der Waals surface area contributed by atoms with Crippen LogP contribution in [0.25, 0.3) is 17.2 Å². The Balaban J connectivity index is 1.87. The fourth-order valence-corrected chi connectivity index (χ4v) is 3.95. The fraction of sp³-hybridized carbons (Fsp3) is 0.375. The van der Waals surface area contributed by atoms with Crippen LogP contribution in [0.1, 0.15) is 53.7 Å². The lowest BCUT2D eigenvalue weighted by atomic mass is 9.92. The van der Waals surface area contributed by atoms with Gasteiger partial charge in [-0.3, -0.25) is 9.69 Å². The van der Waals surface area contributed by atoms with Gasteiger partial charge >= 0.3 is 0 Å². The largest absolute Gasteiger partial charge is 0.299 e. The van der Waals surface area contributed by atoms with E-state index in [1.54, 1.807) is 13.0 Å². The first-order valence-electron chi connectivity index (χ1n) is 9.57. The van der Waals surface area contributed by atoms with E-state index in [1.165, 1.54) is 37.1 Å². The predicted octanol–water partition coefficient (Wildman–Crippen LogP) is 5.74. The summed E-state index contributed by atoms with van der Waals surface area (Å²) in [4.78, 5) is 14.5. The van der Waals surface area contributed by atoms with Crippen molar-refractivity contribution in [2.24, 2.45) is 5.92 Å². The molecule has 2 nitrogen and oxygen atoms in total. The van der Waals surface area contributed by atoms with Crippen LogP contribution in [0.15, 0.2) is 43.0 Å². The molecule has 0 aliphatic carbocycles. The van der Waals surface area contributed by atoms with Crippen molar-refractivity contribution in [3.05, 3.63) is 65.2 Å². The number of carbonyl (C=O) groups is 1. The van der Waals surface area contributed by atoms with Crippen LogP contribution in [-0.2, 0) is 6.54 Å². The maximum Gasteiger partial charge on any atom is 0.160 e. The van der Waals surface area contributed by atoms with E-state index in [0.29, 0.717) is 0 Å². The molecule has 1 aliphatic heterocycles. The number of ketones is 1. The second-order valence-corrected chi connectivity index (χ2v) is 7.68. The smallest absolute Gasteiger partial charge is 0.160 e. The molecule has 0 N–H and O–H groups in total. The standard InChI is InChI=1S/C24H29NO/c1-5-21-15-23(13-18(3)24(21)19(4)26)22-8-6-7-20(14-22)16-25-11-9-17(2)10-12-25/h5-8,13-15,17H,1,9-12,16H2,2-4H3. The SMILES string of the molecule is C=Cc1cc(-c2cccc(CN3CCC(C)CC3)c2)cc(C)c1C(C)=O. The Kier molecular flexibility index (Phi) is 5.73. The average molecular weight is 348 g/mol. The molecule has 0 atom stereocenters. The third-order valence-corrected chi connectivity index (χ3v) is 5.48. The minimum Gasteiger partial charge on any atom is -0.299 e. The summed E-state index contributed by atoms with van der Waals surface area (Å²) in [7, 11) is 0. The van der Waals surface area contributed by atoms with Gasteiger partial charge in [0, 0.05) is 12.1 Å². The first kappa shape index (κ1) is 18.6. The number of benzene rings is 2. The highest BCUT2D eigenvalue weighted by molar-refractivity contribution is 5.99. The molecule has 136 valence electrons. The van der Waals surface area contributed by atoms with Crippen molar-refractivity contribution in [3.63, 3.8) is 0 Å².